The lowest BCUT2D eigenvalue weighted by atomic mass is 9.44. The van der Waals surface area contributed by atoms with Crippen molar-refractivity contribution in [3.63, 3.8) is 0 Å². The summed E-state index contributed by atoms with van der Waals surface area (Å²) < 4.78 is 5.99. The summed E-state index contributed by atoms with van der Waals surface area (Å²) in [6.45, 7) is 17.2. The molecule has 206 valence electrons. The molecule has 0 aromatic heterocycles. The number of esters is 1. The van der Waals surface area contributed by atoms with Crippen LogP contribution < -0.4 is 0 Å². The Morgan fingerprint density at radius 2 is 1.64 bits per heavy atom. The van der Waals surface area contributed by atoms with Crippen molar-refractivity contribution in [2.75, 3.05) is 20.6 Å². The highest BCUT2D eigenvalue weighted by atomic mass is 16.5. The second-order valence-electron chi connectivity index (χ2n) is 14.8. The van der Waals surface area contributed by atoms with Crippen LogP contribution >= 0.6 is 0 Å². The van der Waals surface area contributed by atoms with Gasteiger partial charge in [-0.2, -0.15) is 0 Å². The first-order chi connectivity index (χ1) is 17.0. The average Bonchev–Trinajstić information content (AvgIpc) is 3.15. The van der Waals surface area contributed by atoms with E-state index < -0.39 is 0 Å². The van der Waals surface area contributed by atoms with E-state index in [1.807, 2.05) is 19.0 Å². The molecule has 0 unspecified atom stereocenters. The highest BCUT2D eigenvalue weighted by molar-refractivity contribution is 5.88. The monoisotopic (exact) mass is 499 g/mol. The normalized spacial score (nSPS) is 40.9. The van der Waals surface area contributed by atoms with Crippen LogP contribution in [-0.4, -0.2) is 37.6 Å². The van der Waals surface area contributed by atoms with Gasteiger partial charge in [-0.25, -0.2) is 4.79 Å². The van der Waals surface area contributed by atoms with Gasteiger partial charge in [0.15, 0.2) is 0 Å². The lowest BCUT2D eigenvalue weighted by Gasteiger charge is -2.61. The van der Waals surface area contributed by atoms with Gasteiger partial charge >= 0.3 is 5.97 Å². The lowest BCUT2D eigenvalue weighted by molar-refractivity contribution is -0.159. The molecular formula is C33H57NO2. The Balaban J connectivity index is 1.37. The number of carbonyl (C=O) groups excluding carboxylic acids is 1. The zero-order valence-corrected chi connectivity index (χ0v) is 24.8. The molecule has 0 aliphatic heterocycles. The molecule has 0 amide bonds. The van der Waals surface area contributed by atoms with Gasteiger partial charge in [0.1, 0.15) is 6.10 Å². The highest BCUT2D eigenvalue weighted by Crippen LogP contribution is 2.68. The molecule has 0 spiro atoms. The molecule has 4 fully saturated rings. The van der Waals surface area contributed by atoms with Gasteiger partial charge in [0.2, 0.25) is 0 Å². The summed E-state index contributed by atoms with van der Waals surface area (Å²) in [5, 5.41) is 0. The van der Waals surface area contributed by atoms with Crippen molar-refractivity contribution >= 4 is 5.97 Å². The van der Waals surface area contributed by atoms with Gasteiger partial charge in [0.05, 0.1) is 0 Å². The molecule has 0 bridgehead atoms. The third kappa shape index (κ3) is 5.48. The number of likely N-dealkylation sites (N-methyl/N-ethyl adjacent to an activating group) is 1. The van der Waals surface area contributed by atoms with Crippen LogP contribution in [0, 0.1) is 52.3 Å². The standard InChI is InChI=1S/C33H57NO2/c1-22(2)10-9-11-23(3)28-14-15-29-27-13-12-25-20-26(36-31(35)24(4)21-34(7)8)16-18-32(25,5)30(27)17-19-33(28,29)6/h22-23,25-30H,4,9-21H2,1-3,5-8H3/t23-,25-,26+,27+,28-,29-,30-,32+,33-/m1/s1. The molecule has 0 N–H and O–H groups in total. The van der Waals surface area contributed by atoms with Gasteiger partial charge < -0.3 is 9.64 Å². The molecule has 0 aromatic rings. The number of carbonyl (C=O) groups is 1. The molecule has 0 saturated heterocycles. The van der Waals surface area contributed by atoms with E-state index in [4.69, 9.17) is 4.74 Å². The maximum absolute atomic E-state index is 12.6. The first-order valence-corrected chi connectivity index (χ1v) is 15.5. The predicted octanol–water partition coefficient (Wildman–Crippen LogP) is 8.14. The Hall–Kier alpha value is -0.830. The van der Waals surface area contributed by atoms with Crippen molar-refractivity contribution in [1.29, 1.82) is 0 Å². The van der Waals surface area contributed by atoms with Crippen LogP contribution in [0.15, 0.2) is 12.2 Å². The highest BCUT2D eigenvalue weighted by Gasteiger charge is 2.60. The van der Waals surface area contributed by atoms with Gasteiger partial charge in [-0.15, -0.1) is 0 Å². The fraction of sp³-hybridized carbons (Fsp3) is 0.909. The molecule has 4 rings (SSSR count). The van der Waals surface area contributed by atoms with E-state index in [0.29, 0.717) is 28.9 Å². The second kappa shape index (κ2) is 11.1. The summed E-state index contributed by atoms with van der Waals surface area (Å²) in [4.78, 5) is 14.6. The second-order valence-corrected chi connectivity index (χ2v) is 14.8. The smallest absolute Gasteiger partial charge is 0.334 e. The minimum atomic E-state index is -0.182. The van der Waals surface area contributed by atoms with Crippen molar-refractivity contribution in [2.45, 2.75) is 118 Å². The molecular weight excluding hydrogens is 442 g/mol. The van der Waals surface area contributed by atoms with Gasteiger partial charge in [-0.05, 0) is 124 Å². The quantitative estimate of drug-likeness (QED) is 0.237. The maximum atomic E-state index is 12.6. The van der Waals surface area contributed by atoms with E-state index in [1.165, 1.54) is 64.2 Å². The van der Waals surface area contributed by atoms with Crippen LogP contribution in [0.3, 0.4) is 0 Å². The molecule has 4 aliphatic carbocycles. The molecule has 3 heteroatoms. The van der Waals surface area contributed by atoms with E-state index >= 15 is 0 Å². The van der Waals surface area contributed by atoms with Gasteiger partial charge in [0, 0.05) is 12.1 Å². The zero-order valence-electron chi connectivity index (χ0n) is 24.8. The first kappa shape index (κ1) is 28.2. The average molecular weight is 500 g/mol. The van der Waals surface area contributed by atoms with Crippen LogP contribution in [-0.2, 0) is 9.53 Å². The number of hydrogen-bond acceptors (Lipinski definition) is 3. The molecule has 0 aromatic carbocycles. The fourth-order valence-corrected chi connectivity index (χ4v) is 10.0. The number of ether oxygens (including phenoxy) is 1. The van der Waals surface area contributed by atoms with Crippen molar-refractivity contribution in [1.82, 2.24) is 4.90 Å². The first-order valence-electron chi connectivity index (χ1n) is 15.5. The van der Waals surface area contributed by atoms with E-state index in [0.717, 1.165) is 48.3 Å². The van der Waals surface area contributed by atoms with E-state index in [2.05, 4.69) is 41.2 Å². The largest absolute Gasteiger partial charge is 0.459 e. The molecule has 9 atom stereocenters. The van der Waals surface area contributed by atoms with Gasteiger partial charge in [0.25, 0.3) is 0 Å². The van der Waals surface area contributed by atoms with Crippen molar-refractivity contribution < 1.29 is 9.53 Å². The molecule has 4 saturated carbocycles. The van der Waals surface area contributed by atoms with Crippen molar-refractivity contribution in [2.24, 2.45) is 52.3 Å². The van der Waals surface area contributed by atoms with Crippen LogP contribution in [0.1, 0.15) is 112 Å². The minimum Gasteiger partial charge on any atom is -0.459 e. The molecule has 36 heavy (non-hydrogen) atoms. The number of nitrogens with zero attached hydrogens (tertiary/aromatic N) is 1. The Morgan fingerprint density at radius 3 is 2.33 bits per heavy atom. The molecule has 0 radical (unpaired) electrons. The fourth-order valence-electron chi connectivity index (χ4n) is 10.0. The lowest BCUT2D eigenvalue weighted by Crippen LogP contribution is -2.54. The third-order valence-electron chi connectivity index (χ3n) is 11.9. The topological polar surface area (TPSA) is 29.5 Å². The van der Waals surface area contributed by atoms with E-state index in [9.17, 15) is 4.79 Å². The Bertz CT molecular complexity index is 789. The summed E-state index contributed by atoms with van der Waals surface area (Å²) in [6.07, 6.45) is 16.2. The Morgan fingerprint density at radius 1 is 0.944 bits per heavy atom. The van der Waals surface area contributed by atoms with Gasteiger partial charge in [-0.1, -0.05) is 60.5 Å². The molecule has 4 aliphatic rings. The molecule has 3 nitrogen and oxygen atoms in total. The number of hydrogen-bond donors (Lipinski definition) is 0. The summed E-state index contributed by atoms with van der Waals surface area (Å²) in [5.74, 6) is 5.94. The van der Waals surface area contributed by atoms with Crippen LogP contribution in [0.2, 0.25) is 0 Å². The van der Waals surface area contributed by atoms with Crippen molar-refractivity contribution in [3.05, 3.63) is 12.2 Å². The molecule has 0 heterocycles. The predicted molar refractivity (Wildman–Crippen MR) is 151 cm³/mol. The number of fused-ring (bicyclic) bond motifs is 5. The Labute approximate surface area is 223 Å². The van der Waals surface area contributed by atoms with E-state index in [-0.39, 0.29) is 12.1 Å². The minimum absolute atomic E-state index is 0.0856. The van der Waals surface area contributed by atoms with Gasteiger partial charge in [-0.3, -0.25) is 0 Å². The summed E-state index contributed by atoms with van der Waals surface area (Å²) in [6, 6.07) is 0. The number of rotatable bonds is 9. The van der Waals surface area contributed by atoms with Crippen LogP contribution in [0.5, 0.6) is 0 Å². The van der Waals surface area contributed by atoms with Crippen LogP contribution in [0.4, 0.5) is 0 Å². The summed E-state index contributed by atoms with van der Waals surface area (Å²) in [5.41, 5.74) is 1.59. The summed E-state index contributed by atoms with van der Waals surface area (Å²) >= 11 is 0. The van der Waals surface area contributed by atoms with Crippen molar-refractivity contribution in [3.8, 4) is 0 Å². The zero-order chi connectivity index (χ0) is 26.3. The van der Waals surface area contributed by atoms with Crippen LogP contribution in [0.25, 0.3) is 0 Å². The summed E-state index contributed by atoms with van der Waals surface area (Å²) in [7, 11) is 3.94. The maximum Gasteiger partial charge on any atom is 0.334 e. The van der Waals surface area contributed by atoms with E-state index in [1.54, 1.807) is 0 Å². The Kier molecular flexibility index (Phi) is 8.70. The SMILES string of the molecule is C=C(CN(C)C)C(=O)O[C@H]1CC[C@@]2(C)[C@H](CC[C@H]3[C@H]4CC[C@H]([C@H](C)CCCC(C)C)[C@@]4(C)CC[C@H]32)C1. The third-order valence-corrected chi connectivity index (χ3v) is 11.9.